The molecule has 2 nitrogen and oxygen atoms in total. The van der Waals surface area contributed by atoms with Crippen molar-refractivity contribution in [3.8, 4) is 6.07 Å². The van der Waals surface area contributed by atoms with Crippen molar-refractivity contribution in [1.29, 1.82) is 5.26 Å². The maximum Gasteiger partial charge on any atom is 0.101 e. The van der Waals surface area contributed by atoms with Crippen LogP contribution in [0.1, 0.15) is 11.1 Å². The lowest BCUT2D eigenvalue weighted by Crippen LogP contribution is -2.21. The van der Waals surface area contributed by atoms with Gasteiger partial charge in [0.2, 0.25) is 0 Å². The largest absolute Gasteiger partial charge is 0.373 e. The lowest BCUT2D eigenvalue weighted by atomic mass is 10.1. The number of halogens is 1. The molecule has 0 amide bonds. The zero-order valence-electron chi connectivity index (χ0n) is 10.8. The molecule has 0 aliphatic carbocycles. The van der Waals surface area contributed by atoms with E-state index in [9.17, 15) is 0 Å². The Bertz CT molecular complexity index is 587. The van der Waals surface area contributed by atoms with Crippen LogP contribution in [0.2, 0.25) is 0 Å². The molecule has 2 rings (SSSR count). The van der Waals surface area contributed by atoms with Gasteiger partial charge in [0.15, 0.2) is 0 Å². The molecule has 19 heavy (non-hydrogen) atoms. The molecular formula is C16H15BrN2. The van der Waals surface area contributed by atoms with Crippen LogP contribution in [-0.2, 0) is 6.42 Å². The summed E-state index contributed by atoms with van der Waals surface area (Å²) in [5.41, 5.74) is 2.98. The zero-order valence-corrected chi connectivity index (χ0v) is 12.4. The summed E-state index contributed by atoms with van der Waals surface area (Å²) in [6.07, 6.45) is 0.967. The summed E-state index contributed by atoms with van der Waals surface area (Å²) < 4.78 is 0.994. The number of hydrogen-bond donors (Lipinski definition) is 0. The molecule has 0 heterocycles. The number of rotatable bonds is 4. The highest BCUT2D eigenvalue weighted by atomic mass is 79.9. The van der Waals surface area contributed by atoms with Crippen molar-refractivity contribution in [3.05, 3.63) is 64.1 Å². The molecule has 0 aromatic heterocycles. The Labute approximate surface area is 122 Å². The van der Waals surface area contributed by atoms with E-state index in [1.807, 2.05) is 31.3 Å². The van der Waals surface area contributed by atoms with Crippen LogP contribution >= 0.6 is 15.9 Å². The molecule has 2 aromatic rings. The van der Waals surface area contributed by atoms with Crippen molar-refractivity contribution >= 4 is 21.6 Å². The molecule has 0 saturated carbocycles. The van der Waals surface area contributed by atoms with Crippen LogP contribution in [-0.4, -0.2) is 13.6 Å². The number of nitrogens with zero attached hydrogens (tertiary/aromatic N) is 2. The van der Waals surface area contributed by atoms with Crippen LogP contribution in [0.5, 0.6) is 0 Å². The third kappa shape index (κ3) is 3.59. The second-order valence-electron chi connectivity index (χ2n) is 4.43. The fourth-order valence-corrected chi connectivity index (χ4v) is 2.33. The molecule has 0 saturated heterocycles. The predicted octanol–water partition coefficient (Wildman–Crippen LogP) is 4.00. The van der Waals surface area contributed by atoms with Crippen molar-refractivity contribution in [1.82, 2.24) is 0 Å². The number of anilines is 1. The molecule has 0 atom stereocenters. The maximum absolute atomic E-state index is 9.15. The van der Waals surface area contributed by atoms with Gasteiger partial charge in [-0.25, -0.2) is 0 Å². The summed E-state index contributed by atoms with van der Waals surface area (Å²) in [7, 11) is 2.02. The third-order valence-electron chi connectivity index (χ3n) is 3.07. The van der Waals surface area contributed by atoms with Gasteiger partial charge in [0.05, 0.1) is 11.3 Å². The average molecular weight is 315 g/mol. The zero-order chi connectivity index (χ0) is 13.7. The van der Waals surface area contributed by atoms with E-state index in [2.05, 4.69) is 51.2 Å². The minimum Gasteiger partial charge on any atom is -0.373 e. The van der Waals surface area contributed by atoms with Crippen LogP contribution < -0.4 is 4.90 Å². The second kappa shape index (κ2) is 6.40. The van der Waals surface area contributed by atoms with E-state index in [-0.39, 0.29) is 0 Å². The van der Waals surface area contributed by atoms with Gasteiger partial charge in [0.25, 0.3) is 0 Å². The first-order valence-corrected chi connectivity index (χ1v) is 6.94. The summed E-state index contributed by atoms with van der Waals surface area (Å²) >= 11 is 3.45. The molecule has 0 aliphatic rings. The molecule has 0 fully saturated rings. The molecule has 96 valence electrons. The smallest absolute Gasteiger partial charge is 0.101 e. The van der Waals surface area contributed by atoms with Gasteiger partial charge in [-0.15, -0.1) is 0 Å². The monoisotopic (exact) mass is 314 g/mol. The maximum atomic E-state index is 9.15. The molecule has 0 spiro atoms. The molecule has 0 unspecified atom stereocenters. The van der Waals surface area contributed by atoms with Crippen LogP contribution in [0.25, 0.3) is 0 Å². The molecular weight excluding hydrogens is 300 g/mol. The SMILES string of the molecule is CN(CCc1ccccc1)c1cc(Br)ccc1C#N. The van der Waals surface area contributed by atoms with Crippen molar-refractivity contribution in [3.63, 3.8) is 0 Å². The van der Waals surface area contributed by atoms with Crippen LogP contribution in [0, 0.1) is 11.3 Å². The Kier molecular flexibility index (Phi) is 4.59. The Morgan fingerprint density at radius 1 is 1.16 bits per heavy atom. The highest BCUT2D eigenvalue weighted by Crippen LogP contribution is 2.24. The number of hydrogen-bond acceptors (Lipinski definition) is 2. The average Bonchev–Trinajstić information content (AvgIpc) is 2.46. The minimum absolute atomic E-state index is 0.707. The first kappa shape index (κ1) is 13.6. The van der Waals surface area contributed by atoms with Gasteiger partial charge in [0.1, 0.15) is 6.07 Å². The van der Waals surface area contributed by atoms with Crippen LogP contribution in [0.4, 0.5) is 5.69 Å². The molecule has 3 heteroatoms. The van der Waals surface area contributed by atoms with Crippen molar-refractivity contribution in [2.75, 3.05) is 18.5 Å². The van der Waals surface area contributed by atoms with Crippen molar-refractivity contribution in [2.24, 2.45) is 0 Å². The first-order chi connectivity index (χ1) is 9.20. The Morgan fingerprint density at radius 2 is 1.89 bits per heavy atom. The predicted molar refractivity (Wildman–Crippen MR) is 82.3 cm³/mol. The molecule has 0 N–H and O–H groups in total. The van der Waals surface area contributed by atoms with E-state index in [1.54, 1.807) is 0 Å². The van der Waals surface area contributed by atoms with Gasteiger partial charge in [-0.3, -0.25) is 0 Å². The van der Waals surface area contributed by atoms with E-state index >= 15 is 0 Å². The third-order valence-corrected chi connectivity index (χ3v) is 3.56. The van der Waals surface area contributed by atoms with E-state index in [1.165, 1.54) is 5.56 Å². The fraction of sp³-hybridized carbons (Fsp3) is 0.188. The summed E-state index contributed by atoms with van der Waals surface area (Å²) in [5.74, 6) is 0. The highest BCUT2D eigenvalue weighted by Gasteiger charge is 2.08. The Morgan fingerprint density at radius 3 is 2.58 bits per heavy atom. The van der Waals surface area contributed by atoms with Gasteiger partial charge in [-0.1, -0.05) is 46.3 Å². The second-order valence-corrected chi connectivity index (χ2v) is 5.35. The number of benzene rings is 2. The molecule has 0 bridgehead atoms. The first-order valence-electron chi connectivity index (χ1n) is 6.15. The normalized spacial score (nSPS) is 9.95. The Hall–Kier alpha value is -1.79. The van der Waals surface area contributed by atoms with E-state index < -0.39 is 0 Å². The number of likely N-dealkylation sites (N-methyl/N-ethyl adjacent to an activating group) is 1. The van der Waals surface area contributed by atoms with Gasteiger partial charge in [-0.2, -0.15) is 5.26 Å². The molecule has 0 aliphatic heterocycles. The lowest BCUT2D eigenvalue weighted by molar-refractivity contribution is 0.875. The standard InChI is InChI=1S/C16H15BrN2/c1-19(10-9-13-5-3-2-4-6-13)16-11-15(17)8-7-14(16)12-18/h2-8,11H,9-10H2,1H3. The topological polar surface area (TPSA) is 27.0 Å². The van der Waals surface area contributed by atoms with E-state index in [4.69, 9.17) is 5.26 Å². The van der Waals surface area contributed by atoms with Crippen LogP contribution in [0.15, 0.2) is 53.0 Å². The van der Waals surface area contributed by atoms with Gasteiger partial charge < -0.3 is 4.90 Å². The van der Waals surface area contributed by atoms with E-state index in [0.717, 1.165) is 23.1 Å². The van der Waals surface area contributed by atoms with Crippen molar-refractivity contribution in [2.45, 2.75) is 6.42 Å². The summed E-state index contributed by atoms with van der Waals surface area (Å²) in [6, 6.07) is 18.3. The van der Waals surface area contributed by atoms with E-state index in [0.29, 0.717) is 5.56 Å². The van der Waals surface area contributed by atoms with Gasteiger partial charge in [-0.05, 0) is 30.2 Å². The summed E-state index contributed by atoms with van der Waals surface area (Å²) in [6.45, 7) is 0.884. The summed E-state index contributed by atoms with van der Waals surface area (Å²) in [4.78, 5) is 2.12. The quantitative estimate of drug-likeness (QED) is 0.853. The Balaban J connectivity index is 2.10. The summed E-state index contributed by atoms with van der Waals surface area (Å²) in [5, 5.41) is 9.15. The lowest BCUT2D eigenvalue weighted by Gasteiger charge is -2.20. The molecule has 2 aromatic carbocycles. The van der Waals surface area contributed by atoms with Crippen LogP contribution in [0.3, 0.4) is 0 Å². The number of nitriles is 1. The highest BCUT2D eigenvalue weighted by molar-refractivity contribution is 9.10. The minimum atomic E-state index is 0.707. The molecule has 0 radical (unpaired) electrons. The van der Waals surface area contributed by atoms with Gasteiger partial charge in [0, 0.05) is 18.1 Å². The fourth-order valence-electron chi connectivity index (χ4n) is 1.98. The van der Waals surface area contributed by atoms with Gasteiger partial charge >= 0.3 is 0 Å². The van der Waals surface area contributed by atoms with Crippen molar-refractivity contribution < 1.29 is 0 Å².